The highest BCUT2D eigenvalue weighted by atomic mass is 19.1. The van der Waals surface area contributed by atoms with Crippen LogP contribution in [0.4, 0.5) is 4.39 Å². The average molecular weight is 330 g/mol. The van der Waals surface area contributed by atoms with Crippen LogP contribution < -0.4 is 5.32 Å². The van der Waals surface area contributed by atoms with E-state index in [2.05, 4.69) is 10.4 Å². The Balaban J connectivity index is 1.57. The molecule has 1 aliphatic heterocycles. The van der Waals surface area contributed by atoms with Gasteiger partial charge in [0.05, 0.1) is 6.04 Å². The van der Waals surface area contributed by atoms with Crippen LogP contribution in [0.15, 0.2) is 36.5 Å². The predicted molar refractivity (Wildman–Crippen MR) is 90.4 cm³/mol. The molecule has 1 N–H and O–H groups in total. The number of amides is 1. The topological polar surface area (TPSA) is 50.2 Å². The van der Waals surface area contributed by atoms with Crippen LogP contribution in [-0.2, 0) is 6.42 Å². The molecule has 1 amide bonds. The van der Waals surface area contributed by atoms with Crippen LogP contribution in [0.25, 0.3) is 0 Å². The summed E-state index contributed by atoms with van der Waals surface area (Å²) in [5, 5.41) is 7.81. The molecule has 1 unspecified atom stereocenters. The van der Waals surface area contributed by atoms with E-state index in [9.17, 15) is 9.18 Å². The summed E-state index contributed by atoms with van der Waals surface area (Å²) in [5.41, 5.74) is 1.48. The SMILES string of the molecule is CN(CCc1ccc(F)cc1)C(=O)c1ccn(C2CCCNC2)n1. The van der Waals surface area contributed by atoms with Crippen LogP contribution in [-0.4, -0.2) is 47.3 Å². The molecule has 1 aromatic heterocycles. The number of piperidine rings is 1. The lowest BCUT2D eigenvalue weighted by atomic mass is 10.1. The molecule has 1 atom stereocenters. The van der Waals surface area contributed by atoms with Crippen molar-refractivity contribution in [2.24, 2.45) is 0 Å². The van der Waals surface area contributed by atoms with Crippen molar-refractivity contribution in [1.29, 1.82) is 0 Å². The molecule has 0 radical (unpaired) electrons. The molecule has 1 aliphatic rings. The third kappa shape index (κ3) is 4.00. The van der Waals surface area contributed by atoms with Crippen molar-refractivity contribution in [3.63, 3.8) is 0 Å². The molecule has 0 saturated carbocycles. The third-order valence-electron chi connectivity index (χ3n) is 4.47. The second kappa shape index (κ2) is 7.57. The first-order valence-corrected chi connectivity index (χ1v) is 8.39. The Morgan fingerprint density at radius 2 is 2.17 bits per heavy atom. The number of nitrogens with zero attached hydrogens (tertiary/aromatic N) is 3. The fourth-order valence-corrected chi connectivity index (χ4v) is 2.96. The van der Waals surface area contributed by atoms with Gasteiger partial charge in [0.15, 0.2) is 0 Å². The Morgan fingerprint density at radius 3 is 2.88 bits per heavy atom. The fraction of sp³-hybridized carbons (Fsp3) is 0.444. The number of hydrogen-bond donors (Lipinski definition) is 1. The molecule has 5 nitrogen and oxygen atoms in total. The van der Waals surface area contributed by atoms with E-state index in [1.165, 1.54) is 12.1 Å². The summed E-state index contributed by atoms with van der Waals surface area (Å²) in [6, 6.07) is 8.49. The van der Waals surface area contributed by atoms with Crippen LogP contribution in [0.5, 0.6) is 0 Å². The molecule has 24 heavy (non-hydrogen) atoms. The van der Waals surface area contributed by atoms with Gasteiger partial charge < -0.3 is 10.2 Å². The maximum atomic E-state index is 12.9. The molecule has 0 spiro atoms. The van der Waals surface area contributed by atoms with Gasteiger partial charge in [0.25, 0.3) is 5.91 Å². The zero-order valence-corrected chi connectivity index (χ0v) is 13.9. The van der Waals surface area contributed by atoms with Gasteiger partial charge >= 0.3 is 0 Å². The van der Waals surface area contributed by atoms with E-state index in [1.54, 1.807) is 30.1 Å². The summed E-state index contributed by atoms with van der Waals surface area (Å²) in [4.78, 5) is 14.2. The van der Waals surface area contributed by atoms with Crippen molar-refractivity contribution in [3.05, 3.63) is 53.6 Å². The molecule has 6 heteroatoms. The first-order chi connectivity index (χ1) is 11.6. The van der Waals surface area contributed by atoms with E-state index in [0.29, 0.717) is 24.7 Å². The van der Waals surface area contributed by atoms with E-state index in [-0.39, 0.29) is 11.7 Å². The van der Waals surface area contributed by atoms with Crippen LogP contribution in [0.3, 0.4) is 0 Å². The molecule has 1 aromatic carbocycles. The lowest BCUT2D eigenvalue weighted by Crippen LogP contribution is -2.32. The molecule has 3 rings (SSSR count). The molecule has 0 aliphatic carbocycles. The number of likely N-dealkylation sites (N-methyl/N-ethyl adjacent to an activating group) is 1. The van der Waals surface area contributed by atoms with E-state index < -0.39 is 0 Å². The van der Waals surface area contributed by atoms with Gasteiger partial charge in [0, 0.05) is 26.3 Å². The highest BCUT2D eigenvalue weighted by Crippen LogP contribution is 2.16. The largest absolute Gasteiger partial charge is 0.340 e. The first-order valence-electron chi connectivity index (χ1n) is 8.39. The van der Waals surface area contributed by atoms with Crippen molar-refractivity contribution in [2.45, 2.75) is 25.3 Å². The van der Waals surface area contributed by atoms with Crippen LogP contribution in [0.1, 0.15) is 34.9 Å². The van der Waals surface area contributed by atoms with E-state index >= 15 is 0 Å². The summed E-state index contributed by atoms with van der Waals surface area (Å²) in [6.07, 6.45) is 4.79. The highest BCUT2D eigenvalue weighted by molar-refractivity contribution is 5.92. The average Bonchev–Trinajstić information content (AvgIpc) is 3.11. The van der Waals surface area contributed by atoms with Gasteiger partial charge in [-0.05, 0) is 49.6 Å². The Kier molecular flexibility index (Phi) is 5.25. The molecule has 1 fully saturated rings. The maximum Gasteiger partial charge on any atom is 0.274 e. The lowest BCUT2D eigenvalue weighted by molar-refractivity contribution is 0.0789. The minimum Gasteiger partial charge on any atom is -0.340 e. The summed E-state index contributed by atoms with van der Waals surface area (Å²) < 4.78 is 14.8. The summed E-state index contributed by atoms with van der Waals surface area (Å²) in [6.45, 7) is 2.52. The quantitative estimate of drug-likeness (QED) is 0.915. The van der Waals surface area contributed by atoms with Gasteiger partial charge in [-0.25, -0.2) is 4.39 Å². The Hall–Kier alpha value is -2.21. The summed E-state index contributed by atoms with van der Waals surface area (Å²) >= 11 is 0. The van der Waals surface area contributed by atoms with Gasteiger partial charge in [-0.2, -0.15) is 5.10 Å². The molecule has 128 valence electrons. The van der Waals surface area contributed by atoms with Gasteiger partial charge in [-0.15, -0.1) is 0 Å². The normalized spacial score (nSPS) is 17.7. The van der Waals surface area contributed by atoms with Crippen LogP contribution >= 0.6 is 0 Å². The van der Waals surface area contributed by atoms with Crippen LogP contribution in [0.2, 0.25) is 0 Å². The number of carbonyl (C=O) groups is 1. The molecular weight excluding hydrogens is 307 g/mol. The Labute approximate surface area is 141 Å². The third-order valence-corrected chi connectivity index (χ3v) is 4.47. The molecule has 2 heterocycles. The number of rotatable bonds is 5. The van der Waals surface area contributed by atoms with Gasteiger partial charge in [-0.3, -0.25) is 9.48 Å². The summed E-state index contributed by atoms with van der Waals surface area (Å²) in [5.74, 6) is -0.328. The highest BCUT2D eigenvalue weighted by Gasteiger charge is 2.19. The van der Waals surface area contributed by atoms with E-state index in [1.807, 2.05) is 10.9 Å². The monoisotopic (exact) mass is 330 g/mol. The first kappa shape index (κ1) is 16.6. The molecular formula is C18H23FN4O. The van der Waals surface area contributed by atoms with Crippen molar-refractivity contribution < 1.29 is 9.18 Å². The van der Waals surface area contributed by atoms with Gasteiger partial charge in [-0.1, -0.05) is 12.1 Å². The number of halogens is 1. The number of aromatic nitrogens is 2. The zero-order valence-electron chi connectivity index (χ0n) is 13.9. The zero-order chi connectivity index (χ0) is 16.9. The van der Waals surface area contributed by atoms with Gasteiger partial charge in [0.2, 0.25) is 0 Å². The van der Waals surface area contributed by atoms with E-state index in [0.717, 1.165) is 31.5 Å². The van der Waals surface area contributed by atoms with Crippen LogP contribution in [0, 0.1) is 5.82 Å². The second-order valence-electron chi connectivity index (χ2n) is 6.28. The van der Waals surface area contributed by atoms with E-state index in [4.69, 9.17) is 0 Å². The second-order valence-corrected chi connectivity index (χ2v) is 6.28. The number of carbonyl (C=O) groups excluding carboxylic acids is 1. The lowest BCUT2D eigenvalue weighted by Gasteiger charge is -2.23. The molecule has 2 aromatic rings. The van der Waals surface area contributed by atoms with Crippen molar-refractivity contribution in [3.8, 4) is 0 Å². The number of hydrogen-bond acceptors (Lipinski definition) is 3. The minimum absolute atomic E-state index is 0.0837. The van der Waals surface area contributed by atoms with Gasteiger partial charge in [0.1, 0.15) is 11.5 Å². The fourth-order valence-electron chi connectivity index (χ4n) is 2.96. The standard InChI is InChI=1S/C18H23FN4O/c1-22(11-8-14-4-6-15(19)7-5-14)18(24)17-9-12-23(21-17)16-3-2-10-20-13-16/h4-7,9,12,16,20H,2-3,8,10-11,13H2,1H3. The maximum absolute atomic E-state index is 12.9. The number of benzene rings is 1. The number of nitrogens with one attached hydrogen (secondary N) is 1. The predicted octanol–water partition coefficient (Wildman–Crippen LogP) is 2.26. The summed E-state index contributed by atoms with van der Waals surface area (Å²) in [7, 11) is 1.77. The minimum atomic E-state index is -0.245. The smallest absolute Gasteiger partial charge is 0.274 e. The molecule has 0 bridgehead atoms. The van der Waals surface area contributed by atoms with Crippen molar-refractivity contribution in [1.82, 2.24) is 20.0 Å². The Bertz CT molecular complexity index is 677. The van der Waals surface area contributed by atoms with Crippen molar-refractivity contribution >= 4 is 5.91 Å². The Morgan fingerprint density at radius 1 is 1.38 bits per heavy atom. The van der Waals surface area contributed by atoms with Crippen molar-refractivity contribution in [2.75, 3.05) is 26.7 Å². The molecule has 1 saturated heterocycles.